The van der Waals surface area contributed by atoms with Crippen LogP contribution in [-0.4, -0.2) is 30.6 Å². The van der Waals surface area contributed by atoms with E-state index in [9.17, 15) is 0 Å². The minimum atomic E-state index is 0.386. The van der Waals surface area contributed by atoms with E-state index in [-0.39, 0.29) is 0 Å². The zero-order chi connectivity index (χ0) is 14.4. The molecule has 0 aliphatic rings. The third-order valence-corrected chi connectivity index (χ3v) is 4.31. The zero-order valence-corrected chi connectivity index (χ0v) is 13.4. The van der Waals surface area contributed by atoms with Gasteiger partial charge in [0.15, 0.2) is 0 Å². The molecule has 19 heavy (non-hydrogen) atoms. The summed E-state index contributed by atoms with van der Waals surface area (Å²) in [6, 6.07) is 12.2. The second-order valence-electron chi connectivity index (χ2n) is 5.84. The minimum Gasteiger partial charge on any atom is -0.309 e. The fraction of sp³-hybridized carbons (Fsp3) is 0.647. The Morgan fingerprint density at radius 2 is 1.58 bits per heavy atom. The summed E-state index contributed by atoms with van der Waals surface area (Å²) in [7, 11) is 2.24. The van der Waals surface area contributed by atoms with Crippen LogP contribution in [0.5, 0.6) is 0 Å². The number of nitrogens with one attached hydrogen (secondary N) is 1. The summed E-state index contributed by atoms with van der Waals surface area (Å²) < 4.78 is 0. The SMILES string of the molecule is CCNC(c1ccccc1)C(C)N(C)C(C)C(C)C. The molecular weight excluding hydrogens is 232 g/mol. The molecule has 0 aromatic heterocycles. The predicted molar refractivity (Wildman–Crippen MR) is 84.4 cm³/mol. The van der Waals surface area contributed by atoms with E-state index in [1.807, 2.05) is 0 Å². The maximum atomic E-state index is 3.63. The van der Waals surface area contributed by atoms with Crippen molar-refractivity contribution in [1.82, 2.24) is 10.2 Å². The second kappa shape index (κ2) is 7.66. The largest absolute Gasteiger partial charge is 0.309 e. The highest BCUT2D eigenvalue weighted by atomic mass is 15.2. The molecule has 0 amide bonds. The van der Waals surface area contributed by atoms with Crippen LogP contribution in [0.4, 0.5) is 0 Å². The molecule has 1 rings (SSSR count). The summed E-state index contributed by atoms with van der Waals surface area (Å²) in [5, 5.41) is 3.63. The van der Waals surface area contributed by atoms with E-state index >= 15 is 0 Å². The average molecular weight is 262 g/mol. The van der Waals surface area contributed by atoms with Gasteiger partial charge in [0.25, 0.3) is 0 Å². The number of benzene rings is 1. The van der Waals surface area contributed by atoms with E-state index in [1.54, 1.807) is 0 Å². The van der Waals surface area contributed by atoms with Gasteiger partial charge < -0.3 is 5.32 Å². The van der Waals surface area contributed by atoms with Crippen LogP contribution in [0.2, 0.25) is 0 Å². The van der Waals surface area contributed by atoms with Crippen molar-refractivity contribution in [3.05, 3.63) is 35.9 Å². The van der Waals surface area contributed by atoms with Gasteiger partial charge in [-0.3, -0.25) is 4.90 Å². The summed E-state index contributed by atoms with van der Waals surface area (Å²) in [4.78, 5) is 2.49. The van der Waals surface area contributed by atoms with Crippen molar-refractivity contribution in [3.63, 3.8) is 0 Å². The van der Waals surface area contributed by atoms with Gasteiger partial charge in [-0.2, -0.15) is 0 Å². The lowest BCUT2D eigenvalue weighted by Gasteiger charge is -2.38. The van der Waals surface area contributed by atoms with Crippen molar-refractivity contribution in [2.24, 2.45) is 5.92 Å². The number of nitrogens with zero attached hydrogens (tertiary/aromatic N) is 1. The number of hydrogen-bond donors (Lipinski definition) is 1. The number of likely N-dealkylation sites (N-methyl/N-ethyl adjacent to an activating group) is 2. The molecule has 0 aliphatic heterocycles. The predicted octanol–water partition coefficient (Wildman–Crippen LogP) is 3.70. The minimum absolute atomic E-state index is 0.386. The Morgan fingerprint density at radius 1 is 1.00 bits per heavy atom. The highest BCUT2D eigenvalue weighted by Crippen LogP contribution is 2.23. The summed E-state index contributed by atoms with van der Waals surface area (Å²) in [6.07, 6.45) is 0. The summed E-state index contributed by atoms with van der Waals surface area (Å²) >= 11 is 0. The van der Waals surface area contributed by atoms with Crippen molar-refractivity contribution in [1.29, 1.82) is 0 Å². The summed E-state index contributed by atoms with van der Waals surface area (Å²) in [5.74, 6) is 0.672. The van der Waals surface area contributed by atoms with Crippen LogP contribution in [-0.2, 0) is 0 Å². The number of rotatable bonds is 7. The third-order valence-electron chi connectivity index (χ3n) is 4.31. The topological polar surface area (TPSA) is 15.3 Å². The maximum absolute atomic E-state index is 3.63. The van der Waals surface area contributed by atoms with Crippen LogP contribution in [0.3, 0.4) is 0 Å². The van der Waals surface area contributed by atoms with E-state index in [1.165, 1.54) is 5.56 Å². The lowest BCUT2D eigenvalue weighted by molar-refractivity contribution is 0.129. The van der Waals surface area contributed by atoms with Crippen LogP contribution >= 0.6 is 0 Å². The molecule has 3 atom stereocenters. The van der Waals surface area contributed by atoms with E-state index < -0.39 is 0 Å². The smallest absolute Gasteiger partial charge is 0.0475 e. The van der Waals surface area contributed by atoms with Crippen LogP contribution in [0.1, 0.15) is 46.2 Å². The first-order valence-electron chi connectivity index (χ1n) is 7.49. The monoisotopic (exact) mass is 262 g/mol. The molecule has 0 radical (unpaired) electrons. The second-order valence-corrected chi connectivity index (χ2v) is 5.84. The molecule has 0 bridgehead atoms. The summed E-state index contributed by atoms with van der Waals surface area (Å²) in [5.41, 5.74) is 1.37. The van der Waals surface area contributed by atoms with Crippen molar-refractivity contribution < 1.29 is 0 Å². The van der Waals surface area contributed by atoms with Gasteiger partial charge in [-0.25, -0.2) is 0 Å². The normalized spacial score (nSPS) is 16.6. The van der Waals surface area contributed by atoms with E-state index in [0.29, 0.717) is 24.0 Å². The Kier molecular flexibility index (Phi) is 6.53. The van der Waals surface area contributed by atoms with Crippen LogP contribution < -0.4 is 5.32 Å². The first-order valence-corrected chi connectivity index (χ1v) is 7.49. The molecular formula is C17H30N2. The highest BCUT2D eigenvalue weighted by Gasteiger charge is 2.26. The Balaban J connectivity index is 2.87. The molecule has 1 aromatic carbocycles. The lowest BCUT2D eigenvalue weighted by atomic mass is 9.96. The summed E-state index contributed by atoms with van der Waals surface area (Å²) in [6.45, 7) is 12.4. The first kappa shape index (κ1) is 16.2. The molecule has 0 heterocycles. The standard InChI is InChI=1S/C17H30N2/c1-7-18-17(16-11-9-8-10-12-16)15(5)19(6)14(4)13(2)3/h8-15,17-18H,7H2,1-6H3. The van der Waals surface area contributed by atoms with E-state index in [2.05, 4.69) is 82.2 Å². The number of hydrogen-bond acceptors (Lipinski definition) is 2. The molecule has 3 unspecified atom stereocenters. The van der Waals surface area contributed by atoms with Gasteiger partial charge in [0.1, 0.15) is 0 Å². The Hall–Kier alpha value is -0.860. The van der Waals surface area contributed by atoms with E-state index in [0.717, 1.165) is 6.54 Å². The Morgan fingerprint density at radius 3 is 2.05 bits per heavy atom. The van der Waals surface area contributed by atoms with Gasteiger partial charge in [-0.05, 0) is 38.9 Å². The first-order chi connectivity index (χ1) is 8.99. The quantitative estimate of drug-likeness (QED) is 0.806. The van der Waals surface area contributed by atoms with Crippen LogP contribution in [0, 0.1) is 5.92 Å². The zero-order valence-electron chi connectivity index (χ0n) is 13.4. The molecule has 0 fully saturated rings. The third kappa shape index (κ3) is 4.32. The van der Waals surface area contributed by atoms with Gasteiger partial charge in [0.05, 0.1) is 0 Å². The van der Waals surface area contributed by atoms with Crippen molar-refractivity contribution in [2.45, 2.75) is 52.7 Å². The average Bonchev–Trinajstić information content (AvgIpc) is 2.43. The molecule has 0 saturated heterocycles. The van der Waals surface area contributed by atoms with Gasteiger partial charge >= 0.3 is 0 Å². The maximum Gasteiger partial charge on any atom is 0.0475 e. The van der Waals surface area contributed by atoms with Gasteiger partial charge in [0.2, 0.25) is 0 Å². The molecule has 0 spiro atoms. The van der Waals surface area contributed by atoms with Crippen LogP contribution in [0.25, 0.3) is 0 Å². The van der Waals surface area contributed by atoms with Gasteiger partial charge in [-0.15, -0.1) is 0 Å². The molecule has 1 N–H and O–H groups in total. The van der Waals surface area contributed by atoms with Gasteiger partial charge in [0, 0.05) is 18.1 Å². The Labute approximate surface area is 119 Å². The Bertz CT molecular complexity index is 348. The molecule has 108 valence electrons. The van der Waals surface area contributed by atoms with Gasteiger partial charge in [-0.1, -0.05) is 51.1 Å². The highest BCUT2D eigenvalue weighted by molar-refractivity contribution is 5.20. The van der Waals surface area contributed by atoms with E-state index in [4.69, 9.17) is 0 Å². The molecule has 1 aromatic rings. The fourth-order valence-corrected chi connectivity index (χ4v) is 2.52. The van der Waals surface area contributed by atoms with Crippen molar-refractivity contribution >= 4 is 0 Å². The molecule has 0 saturated carbocycles. The lowest BCUT2D eigenvalue weighted by Crippen LogP contribution is -2.46. The van der Waals surface area contributed by atoms with Crippen molar-refractivity contribution in [3.8, 4) is 0 Å². The molecule has 0 aliphatic carbocycles. The van der Waals surface area contributed by atoms with Crippen molar-refractivity contribution in [2.75, 3.05) is 13.6 Å². The molecule has 2 heteroatoms. The van der Waals surface area contributed by atoms with Crippen LogP contribution in [0.15, 0.2) is 30.3 Å². The molecule has 2 nitrogen and oxygen atoms in total. The fourth-order valence-electron chi connectivity index (χ4n) is 2.52.